The van der Waals surface area contributed by atoms with Gasteiger partial charge in [-0.05, 0) is 69.7 Å². The van der Waals surface area contributed by atoms with E-state index < -0.39 is 11.7 Å². The molecule has 2 fully saturated rings. The first-order valence-electron chi connectivity index (χ1n) is 10.6. The SMILES string of the molecule is CC(C)(C)OC(=O)n1cc(C(=O)CN2C[C@H]3CCC[C@H]3C2)cn1.Oc1ccc(F)cc1. The maximum absolute atomic E-state index is 12.4. The average molecular weight is 432 g/mol. The van der Waals surface area contributed by atoms with Crippen molar-refractivity contribution in [2.24, 2.45) is 11.8 Å². The first-order valence-corrected chi connectivity index (χ1v) is 10.6. The normalized spacial score (nSPS) is 20.6. The lowest BCUT2D eigenvalue weighted by atomic mass is 10.0. The molecule has 2 aromatic rings. The number of likely N-dealkylation sites (tertiary alicyclic amines) is 1. The maximum Gasteiger partial charge on any atom is 0.435 e. The number of hydrogen-bond acceptors (Lipinski definition) is 6. The summed E-state index contributed by atoms with van der Waals surface area (Å²) < 4.78 is 18.3. The zero-order valence-corrected chi connectivity index (χ0v) is 18.3. The van der Waals surface area contributed by atoms with Crippen LogP contribution in [0.15, 0.2) is 36.7 Å². The highest BCUT2D eigenvalue weighted by atomic mass is 19.1. The molecule has 2 aliphatic rings. The number of ether oxygens (including phenoxy) is 1. The molecule has 31 heavy (non-hydrogen) atoms. The third-order valence-electron chi connectivity index (χ3n) is 5.48. The van der Waals surface area contributed by atoms with Crippen LogP contribution in [0.3, 0.4) is 0 Å². The van der Waals surface area contributed by atoms with E-state index >= 15 is 0 Å². The summed E-state index contributed by atoms with van der Waals surface area (Å²) in [7, 11) is 0. The number of carbonyl (C=O) groups is 2. The molecule has 1 saturated heterocycles. The van der Waals surface area contributed by atoms with E-state index in [1.54, 1.807) is 20.8 Å². The summed E-state index contributed by atoms with van der Waals surface area (Å²) in [6, 6.07) is 5.01. The van der Waals surface area contributed by atoms with Crippen LogP contribution in [0.25, 0.3) is 0 Å². The third-order valence-corrected chi connectivity index (χ3v) is 5.48. The van der Waals surface area contributed by atoms with E-state index in [4.69, 9.17) is 9.84 Å². The van der Waals surface area contributed by atoms with Crippen LogP contribution in [0.4, 0.5) is 9.18 Å². The van der Waals surface area contributed by atoms with Crippen molar-refractivity contribution in [2.75, 3.05) is 19.6 Å². The molecule has 2 heterocycles. The van der Waals surface area contributed by atoms with E-state index in [1.165, 1.54) is 55.9 Å². The molecule has 7 nitrogen and oxygen atoms in total. The summed E-state index contributed by atoms with van der Waals surface area (Å²) in [6.07, 6.45) is 6.28. The zero-order chi connectivity index (χ0) is 22.6. The second-order valence-corrected chi connectivity index (χ2v) is 9.20. The van der Waals surface area contributed by atoms with Gasteiger partial charge in [0.05, 0.1) is 18.3 Å². The molecule has 4 rings (SSSR count). The number of phenolic OH excluding ortho intramolecular Hbond substituents is 1. The van der Waals surface area contributed by atoms with Gasteiger partial charge in [-0.2, -0.15) is 9.78 Å². The van der Waals surface area contributed by atoms with Gasteiger partial charge in [0.25, 0.3) is 0 Å². The molecule has 1 N–H and O–H groups in total. The van der Waals surface area contributed by atoms with Crippen molar-refractivity contribution in [3.63, 3.8) is 0 Å². The minimum atomic E-state index is -0.583. The summed E-state index contributed by atoms with van der Waals surface area (Å²) in [6.45, 7) is 7.85. The van der Waals surface area contributed by atoms with Crippen LogP contribution in [-0.2, 0) is 4.74 Å². The maximum atomic E-state index is 12.4. The van der Waals surface area contributed by atoms with Crippen molar-refractivity contribution < 1.29 is 23.8 Å². The molecular weight excluding hydrogens is 401 g/mol. The number of fused-ring (bicyclic) bond motifs is 1. The number of ketones is 1. The quantitative estimate of drug-likeness (QED) is 0.736. The lowest BCUT2D eigenvalue weighted by Gasteiger charge is -2.18. The van der Waals surface area contributed by atoms with Gasteiger partial charge in [-0.1, -0.05) is 6.42 Å². The molecule has 8 heteroatoms. The van der Waals surface area contributed by atoms with Gasteiger partial charge in [-0.3, -0.25) is 9.69 Å². The van der Waals surface area contributed by atoms with Crippen molar-refractivity contribution in [1.29, 1.82) is 0 Å². The van der Waals surface area contributed by atoms with Crippen molar-refractivity contribution in [2.45, 2.75) is 45.6 Å². The van der Waals surface area contributed by atoms with Crippen LogP contribution < -0.4 is 0 Å². The van der Waals surface area contributed by atoms with Crippen molar-refractivity contribution in [1.82, 2.24) is 14.7 Å². The summed E-state index contributed by atoms with van der Waals surface area (Å²) in [5, 5.41) is 12.5. The number of carbonyl (C=O) groups excluding carboxylic acids is 2. The molecule has 0 spiro atoms. The van der Waals surface area contributed by atoms with E-state index in [-0.39, 0.29) is 17.3 Å². The lowest BCUT2D eigenvalue weighted by molar-refractivity contribution is 0.0514. The van der Waals surface area contributed by atoms with Gasteiger partial charge in [0, 0.05) is 19.3 Å². The Balaban J connectivity index is 0.000000287. The highest BCUT2D eigenvalue weighted by Gasteiger charge is 2.36. The average Bonchev–Trinajstić information content (AvgIpc) is 3.39. The molecule has 0 unspecified atom stereocenters. The topological polar surface area (TPSA) is 84.7 Å². The fourth-order valence-electron chi connectivity index (χ4n) is 4.07. The van der Waals surface area contributed by atoms with Crippen LogP contribution in [-0.4, -0.2) is 56.9 Å². The molecule has 1 aliphatic heterocycles. The number of aromatic hydroxyl groups is 1. The Morgan fingerprint density at radius 1 is 1.16 bits per heavy atom. The Bertz CT molecular complexity index is 871. The number of hydrogen-bond donors (Lipinski definition) is 1. The number of rotatable bonds is 3. The van der Waals surface area contributed by atoms with Gasteiger partial charge in [0.1, 0.15) is 17.2 Å². The van der Waals surface area contributed by atoms with E-state index in [0.717, 1.165) is 29.6 Å². The highest BCUT2D eigenvalue weighted by Crippen LogP contribution is 2.37. The Morgan fingerprint density at radius 2 is 1.77 bits per heavy atom. The van der Waals surface area contributed by atoms with Gasteiger partial charge < -0.3 is 9.84 Å². The number of halogens is 1. The first kappa shape index (κ1) is 22.9. The van der Waals surface area contributed by atoms with E-state index in [0.29, 0.717) is 12.1 Å². The molecule has 168 valence electrons. The third kappa shape index (κ3) is 6.62. The highest BCUT2D eigenvalue weighted by molar-refractivity contribution is 5.97. The summed E-state index contributed by atoms with van der Waals surface area (Å²) >= 11 is 0. The number of nitrogens with zero attached hydrogens (tertiary/aromatic N) is 3. The standard InChI is InChI=1S/C17H25N3O3.C6H5FO/c1-17(2,3)23-16(22)20-10-14(7-18-20)15(21)11-19-8-12-5-4-6-13(12)9-19;7-5-1-3-6(8)4-2-5/h7,10,12-13H,4-6,8-9,11H2,1-3H3;1-4,8H/t12-,13+;. The molecule has 1 aliphatic carbocycles. The van der Waals surface area contributed by atoms with E-state index in [2.05, 4.69) is 10.00 Å². The minimum Gasteiger partial charge on any atom is -0.508 e. The Hall–Kier alpha value is -2.74. The van der Waals surface area contributed by atoms with Gasteiger partial charge >= 0.3 is 6.09 Å². The van der Waals surface area contributed by atoms with Crippen molar-refractivity contribution >= 4 is 11.9 Å². The summed E-state index contributed by atoms with van der Waals surface area (Å²) in [4.78, 5) is 26.6. The molecule has 1 aromatic heterocycles. The van der Waals surface area contributed by atoms with Crippen LogP contribution >= 0.6 is 0 Å². The predicted molar refractivity (Wildman–Crippen MR) is 114 cm³/mol. The predicted octanol–water partition coefficient (Wildman–Crippen LogP) is 4.11. The second kappa shape index (κ2) is 9.60. The summed E-state index contributed by atoms with van der Waals surface area (Å²) in [5.41, 5.74) is -0.117. The lowest BCUT2D eigenvalue weighted by Crippen LogP contribution is -2.29. The molecule has 1 saturated carbocycles. The van der Waals surface area contributed by atoms with Crippen molar-refractivity contribution in [3.05, 3.63) is 48.0 Å². The molecule has 0 radical (unpaired) electrons. The Labute approximate surface area is 181 Å². The number of aromatic nitrogens is 2. The van der Waals surface area contributed by atoms with Crippen LogP contribution in [0.1, 0.15) is 50.4 Å². The van der Waals surface area contributed by atoms with Gasteiger partial charge in [-0.15, -0.1) is 0 Å². The molecule has 0 bridgehead atoms. The van der Waals surface area contributed by atoms with E-state index in [1.807, 2.05) is 0 Å². The van der Waals surface area contributed by atoms with Crippen molar-refractivity contribution in [3.8, 4) is 5.75 Å². The smallest absolute Gasteiger partial charge is 0.435 e. The second-order valence-electron chi connectivity index (χ2n) is 9.20. The Kier molecular flexibility index (Phi) is 7.10. The first-order chi connectivity index (χ1) is 14.6. The molecule has 1 aromatic carbocycles. The van der Waals surface area contributed by atoms with Gasteiger partial charge in [0.15, 0.2) is 5.78 Å². The van der Waals surface area contributed by atoms with Gasteiger partial charge in [-0.25, -0.2) is 9.18 Å². The number of phenols is 1. The molecule has 2 atom stereocenters. The molecule has 0 amide bonds. The number of Topliss-reactive ketones (excluding diaryl/α,β-unsaturated/α-hetero) is 1. The van der Waals surface area contributed by atoms with Crippen LogP contribution in [0.2, 0.25) is 0 Å². The molecular formula is C23H30FN3O4. The van der Waals surface area contributed by atoms with Crippen LogP contribution in [0, 0.1) is 17.7 Å². The Morgan fingerprint density at radius 3 is 2.32 bits per heavy atom. The number of benzene rings is 1. The van der Waals surface area contributed by atoms with Crippen LogP contribution in [0.5, 0.6) is 5.75 Å². The minimum absolute atomic E-state index is 0.0137. The zero-order valence-electron chi connectivity index (χ0n) is 18.3. The monoisotopic (exact) mass is 431 g/mol. The fourth-order valence-corrected chi connectivity index (χ4v) is 4.07. The van der Waals surface area contributed by atoms with Gasteiger partial charge in [0.2, 0.25) is 0 Å². The summed E-state index contributed by atoms with van der Waals surface area (Å²) in [5.74, 6) is 1.31. The fraction of sp³-hybridized carbons (Fsp3) is 0.522. The largest absolute Gasteiger partial charge is 0.508 e. The van der Waals surface area contributed by atoms with E-state index in [9.17, 15) is 14.0 Å².